The molecule has 0 saturated carbocycles. The lowest BCUT2D eigenvalue weighted by Gasteiger charge is -2.07. The second-order valence-electron chi connectivity index (χ2n) is 4.87. The highest BCUT2D eigenvalue weighted by molar-refractivity contribution is 9.10. The fourth-order valence-corrected chi connectivity index (χ4v) is 2.97. The topological polar surface area (TPSA) is 17.0 Å². The molecule has 2 rings (SSSR count). The van der Waals surface area contributed by atoms with Gasteiger partial charge in [0.1, 0.15) is 0 Å². The SMILES string of the molecule is CCn1c(C)cc(CNCc2cccc(Br)c2)c1C. The standard InChI is InChI=1S/C16H21BrN2/c1-4-19-12(2)8-15(13(19)3)11-18-10-14-6-5-7-16(17)9-14/h5-9,18H,4,10-11H2,1-3H3. The van der Waals surface area contributed by atoms with Crippen LogP contribution in [0.25, 0.3) is 0 Å². The van der Waals surface area contributed by atoms with Crippen molar-refractivity contribution < 1.29 is 0 Å². The highest BCUT2D eigenvalue weighted by atomic mass is 79.9. The smallest absolute Gasteiger partial charge is 0.0226 e. The summed E-state index contributed by atoms with van der Waals surface area (Å²) in [4.78, 5) is 0. The van der Waals surface area contributed by atoms with Crippen molar-refractivity contribution in [2.24, 2.45) is 0 Å². The molecule has 1 aromatic heterocycles. The van der Waals surface area contributed by atoms with Crippen molar-refractivity contribution >= 4 is 15.9 Å². The van der Waals surface area contributed by atoms with Gasteiger partial charge in [-0.3, -0.25) is 0 Å². The van der Waals surface area contributed by atoms with E-state index in [0.717, 1.165) is 24.1 Å². The van der Waals surface area contributed by atoms with Gasteiger partial charge in [0.25, 0.3) is 0 Å². The predicted molar refractivity (Wildman–Crippen MR) is 84.3 cm³/mol. The molecule has 19 heavy (non-hydrogen) atoms. The summed E-state index contributed by atoms with van der Waals surface area (Å²) in [6.45, 7) is 9.43. The molecule has 0 fully saturated rings. The summed E-state index contributed by atoms with van der Waals surface area (Å²) < 4.78 is 3.49. The van der Waals surface area contributed by atoms with Crippen LogP contribution < -0.4 is 5.32 Å². The molecule has 3 heteroatoms. The molecule has 0 aliphatic carbocycles. The highest BCUT2D eigenvalue weighted by Gasteiger charge is 2.06. The Morgan fingerprint density at radius 3 is 2.58 bits per heavy atom. The zero-order chi connectivity index (χ0) is 13.8. The second-order valence-corrected chi connectivity index (χ2v) is 5.79. The van der Waals surface area contributed by atoms with Gasteiger partial charge in [-0.2, -0.15) is 0 Å². The lowest BCUT2D eigenvalue weighted by Crippen LogP contribution is -2.13. The van der Waals surface area contributed by atoms with Crippen LogP contribution in [-0.4, -0.2) is 4.57 Å². The Morgan fingerprint density at radius 1 is 1.16 bits per heavy atom. The monoisotopic (exact) mass is 320 g/mol. The molecule has 2 aromatic rings. The number of aromatic nitrogens is 1. The summed E-state index contributed by atoms with van der Waals surface area (Å²) in [5.41, 5.74) is 5.43. The number of nitrogens with one attached hydrogen (secondary N) is 1. The quantitative estimate of drug-likeness (QED) is 0.874. The molecule has 2 nitrogen and oxygen atoms in total. The molecule has 102 valence electrons. The van der Waals surface area contributed by atoms with E-state index in [2.05, 4.69) is 76.9 Å². The normalized spacial score (nSPS) is 10.9. The van der Waals surface area contributed by atoms with Gasteiger partial charge in [0.2, 0.25) is 0 Å². The highest BCUT2D eigenvalue weighted by Crippen LogP contribution is 2.15. The summed E-state index contributed by atoms with van der Waals surface area (Å²) in [7, 11) is 0. The lowest BCUT2D eigenvalue weighted by molar-refractivity contribution is 0.675. The van der Waals surface area contributed by atoms with E-state index in [1.165, 1.54) is 22.5 Å². The van der Waals surface area contributed by atoms with Crippen LogP contribution in [0.15, 0.2) is 34.8 Å². The van der Waals surface area contributed by atoms with Crippen molar-refractivity contribution in [3.8, 4) is 0 Å². The lowest BCUT2D eigenvalue weighted by atomic mass is 10.2. The first-order valence-electron chi connectivity index (χ1n) is 6.72. The first-order valence-corrected chi connectivity index (χ1v) is 7.52. The average molecular weight is 321 g/mol. The number of aryl methyl sites for hydroxylation is 1. The van der Waals surface area contributed by atoms with Crippen molar-refractivity contribution in [1.82, 2.24) is 9.88 Å². The maximum absolute atomic E-state index is 3.52. The summed E-state index contributed by atoms with van der Waals surface area (Å²) in [5, 5.41) is 3.52. The minimum Gasteiger partial charge on any atom is -0.349 e. The zero-order valence-electron chi connectivity index (χ0n) is 11.8. The maximum atomic E-state index is 3.52. The van der Waals surface area contributed by atoms with Crippen LogP contribution in [-0.2, 0) is 19.6 Å². The van der Waals surface area contributed by atoms with Gasteiger partial charge in [0, 0.05) is 35.5 Å². The number of halogens is 1. The molecule has 1 heterocycles. The number of hydrogen-bond donors (Lipinski definition) is 1. The van der Waals surface area contributed by atoms with Crippen LogP contribution >= 0.6 is 15.9 Å². The third kappa shape index (κ3) is 3.48. The molecule has 0 spiro atoms. The molecule has 0 radical (unpaired) electrons. The van der Waals surface area contributed by atoms with Gasteiger partial charge < -0.3 is 9.88 Å². The molecule has 0 unspecified atom stereocenters. The van der Waals surface area contributed by atoms with Crippen LogP contribution in [0.5, 0.6) is 0 Å². The molecule has 0 aliphatic rings. The van der Waals surface area contributed by atoms with Crippen molar-refractivity contribution in [3.05, 3.63) is 57.3 Å². The van der Waals surface area contributed by atoms with Crippen LogP contribution in [0.1, 0.15) is 29.4 Å². The molecular formula is C16H21BrN2. The number of nitrogens with zero attached hydrogens (tertiary/aromatic N) is 1. The van der Waals surface area contributed by atoms with Crippen LogP contribution in [0.4, 0.5) is 0 Å². The molecule has 0 aliphatic heterocycles. The Balaban J connectivity index is 1.96. The van der Waals surface area contributed by atoms with Crippen LogP contribution in [0.3, 0.4) is 0 Å². The zero-order valence-corrected chi connectivity index (χ0v) is 13.4. The Bertz CT molecular complexity index is 558. The van der Waals surface area contributed by atoms with E-state index in [4.69, 9.17) is 0 Å². The molecule has 1 N–H and O–H groups in total. The van der Waals surface area contributed by atoms with Gasteiger partial charge >= 0.3 is 0 Å². The molecule has 0 saturated heterocycles. The van der Waals surface area contributed by atoms with E-state index in [9.17, 15) is 0 Å². The van der Waals surface area contributed by atoms with Gasteiger partial charge in [-0.05, 0) is 50.1 Å². The van der Waals surface area contributed by atoms with E-state index < -0.39 is 0 Å². The van der Waals surface area contributed by atoms with Crippen molar-refractivity contribution in [3.63, 3.8) is 0 Å². The molecule has 0 bridgehead atoms. The van der Waals surface area contributed by atoms with E-state index in [1.54, 1.807) is 0 Å². The molecule has 0 amide bonds. The van der Waals surface area contributed by atoms with Crippen molar-refractivity contribution in [2.45, 2.75) is 40.4 Å². The first kappa shape index (κ1) is 14.4. The largest absolute Gasteiger partial charge is 0.349 e. The van der Waals surface area contributed by atoms with E-state index in [1.807, 2.05) is 0 Å². The molecule has 1 aromatic carbocycles. The summed E-state index contributed by atoms with van der Waals surface area (Å²) in [6.07, 6.45) is 0. The van der Waals surface area contributed by atoms with E-state index >= 15 is 0 Å². The van der Waals surface area contributed by atoms with Gasteiger partial charge in [0.05, 0.1) is 0 Å². The number of hydrogen-bond acceptors (Lipinski definition) is 1. The maximum Gasteiger partial charge on any atom is 0.0226 e. The molecule has 0 atom stereocenters. The molecular weight excluding hydrogens is 300 g/mol. The van der Waals surface area contributed by atoms with Crippen LogP contribution in [0, 0.1) is 13.8 Å². The minimum absolute atomic E-state index is 0.898. The Hall–Kier alpha value is -1.06. The Morgan fingerprint density at radius 2 is 1.95 bits per heavy atom. The summed E-state index contributed by atoms with van der Waals surface area (Å²) in [5.74, 6) is 0. The Labute approximate surface area is 124 Å². The van der Waals surface area contributed by atoms with E-state index in [0.29, 0.717) is 0 Å². The van der Waals surface area contributed by atoms with Crippen LogP contribution in [0.2, 0.25) is 0 Å². The van der Waals surface area contributed by atoms with Gasteiger partial charge in [-0.25, -0.2) is 0 Å². The van der Waals surface area contributed by atoms with Gasteiger partial charge in [0.15, 0.2) is 0 Å². The first-order chi connectivity index (χ1) is 9.11. The third-order valence-corrected chi connectivity index (χ3v) is 4.02. The summed E-state index contributed by atoms with van der Waals surface area (Å²) >= 11 is 3.50. The fourth-order valence-electron chi connectivity index (χ4n) is 2.53. The van der Waals surface area contributed by atoms with Crippen molar-refractivity contribution in [2.75, 3.05) is 0 Å². The number of benzene rings is 1. The Kier molecular flexibility index (Phi) is 4.83. The fraction of sp³-hybridized carbons (Fsp3) is 0.375. The third-order valence-electron chi connectivity index (χ3n) is 3.53. The van der Waals surface area contributed by atoms with E-state index in [-0.39, 0.29) is 0 Å². The van der Waals surface area contributed by atoms with Crippen molar-refractivity contribution in [1.29, 1.82) is 0 Å². The predicted octanol–water partition coefficient (Wildman–Crippen LogP) is 4.18. The summed E-state index contributed by atoms with van der Waals surface area (Å²) in [6, 6.07) is 10.7. The second kappa shape index (κ2) is 6.40. The number of rotatable bonds is 5. The minimum atomic E-state index is 0.898. The van der Waals surface area contributed by atoms with Gasteiger partial charge in [-0.1, -0.05) is 28.1 Å². The van der Waals surface area contributed by atoms with Gasteiger partial charge in [-0.15, -0.1) is 0 Å². The average Bonchev–Trinajstić information content (AvgIpc) is 2.64.